The molecule has 28 heavy (non-hydrogen) atoms. The van der Waals surface area contributed by atoms with Crippen molar-refractivity contribution in [1.82, 2.24) is 5.48 Å². The summed E-state index contributed by atoms with van der Waals surface area (Å²) in [7, 11) is 1.24. The normalized spacial score (nSPS) is 20.1. The van der Waals surface area contributed by atoms with Crippen LogP contribution in [0.25, 0.3) is 0 Å². The fourth-order valence-corrected chi connectivity index (χ4v) is 3.29. The molecule has 0 saturated heterocycles. The first kappa shape index (κ1) is 19.3. The van der Waals surface area contributed by atoms with Crippen molar-refractivity contribution < 1.29 is 29.2 Å². The van der Waals surface area contributed by atoms with E-state index in [0.29, 0.717) is 16.9 Å². The highest BCUT2D eigenvalue weighted by Gasteiger charge is 2.65. The van der Waals surface area contributed by atoms with Crippen LogP contribution in [0.5, 0.6) is 5.75 Å². The number of non-ortho nitro benzene ring substituents is 1. The van der Waals surface area contributed by atoms with Gasteiger partial charge in [0, 0.05) is 12.1 Å². The van der Waals surface area contributed by atoms with Crippen molar-refractivity contribution in [3.8, 4) is 5.75 Å². The van der Waals surface area contributed by atoms with E-state index in [1.54, 1.807) is 41.9 Å². The predicted molar refractivity (Wildman–Crippen MR) is 95.6 cm³/mol. The summed E-state index contributed by atoms with van der Waals surface area (Å²) in [6, 6.07) is 12.7. The Labute approximate surface area is 160 Å². The molecule has 1 saturated carbocycles. The number of methoxy groups -OCH3 is 1. The van der Waals surface area contributed by atoms with Crippen molar-refractivity contribution in [3.05, 3.63) is 69.8 Å². The van der Waals surface area contributed by atoms with Gasteiger partial charge in [0.05, 0.1) is 18.0 Å². The smallest absolute Gasteiger partial charge is 0.317 e. The number of nitrogens with zero attached hydrogens (tertiary/aromatic N) is 1. The average molecular weight is 386 g/mol. The molecule has 1 aliphatic rings. The minimum Gasteiger partial charge on any atom is -0.489 e. The van der Waals surface area contributed by atoms with E-state index >= 15 is 0 Å². The van der Waals surface area contributed by atoms with Gasteiger partial charge >= 0.3 is 5.97 Å². The van der Waals surface area contributed by atoms with Gasteiger partial charge in [0.25, 0.3) is 5.69 Å². The Kier molecular flexibility index (Phi) is 5.27. The van der Waals surface area contributed by atoms with Crippen molar-refractivity contribution in [3.63, 3.8) is 0 Å². The molecule has 0 heterocycles. The van der Waals surface area contributed by atoms with Gasteiger partial charge in [-0.25, -0.2) is 5.48 Å². The Morgan fingerprint density at radius 3 is 2.71 bits per heavy atom. The van der Waals surface area contributed by atoms with E-state index in [4.69, 9.17) is 14.7 Å². The van der Waals surface area contributed by atoms with Gasteiger partial charge in [-0.1, -0.05) is 24.3 Å². The molecular formula is C19H18N2O7. The summed E-state index contributed by atoms with van der Waals surface area (Å²) in [5.74, 6) is -1.54. The van der Waals surface area contributed by atoms with Crippen molar-refractivity contribution in [2.45, 2.75) is 18.4 Å². The van der Waals surface area contributed by atoms with E-state index in [-0.39, 0.29) is 18.7 Å². The highest BCUT2D eigenvalue weighted by Crippen LogP contribution is 2.55. The Morgan fingerprint density at radius 1 is 1.29 bits per heavy atom. The third kappa shape index (κ3) is 3.52. The monoisotopic (exact) mass is 386 g/mol. The molecule has 3 rings (SSSR count). The second kappa shape index (κ2) is 7.65. The minimum atomic E-state index is -1.17. The van der Waals surface area contributed by atoms with Crippen LogP contribution in [0.3, 0.4) is 0 Å². The van der Waals surface area contributed by atoms with Gasteiger partial charge in [0.1, 0.15) is 17.8 Å². The van der Waals surface area contributed by atoms with Gasteiger partial charge in [-0.2, -0.15) is 0 Å². The number of carbonyl (C=O) groups excluding carboxylic acids is 2. The summed E-state index contributed by atoms with van der Waals surface area (Å²) in [5, 5.41) is 19.7. The maximum absolute atomic E-state index is 12.3. The lowest BCUT2D eigenvalue weighted by atomic mass is 9.92. The SMILES string of the molecule is COC(=O)[C@@]1(c2cccc(OCc3cccc([N+](=O)[O-])c3)c2)C[C@@H]1C(=O)NO. The van der Waals surface area contributed by atoms with Crippen LogP contribution in [0.2, 0.25) is 0 Å². The molecule has 9 heteroatoms. The zero-order valence-electron chi connectivity index (χ0n) is 15.0. The number of amides is 1. The van der Waals surface area contributed by atoms with E-state index in [2.05, 4.69) is 0 Å². The number of carbonyl (C=O) groups is 2. The van der Waals surface area contributed by atoms with Crippen LogP contribution < -0.4 is 10.2 Å². The van der Waals surface area contributed by atoms with Crippen molar-refractivity contribution in [2.75, 3.05) is 7.11 Å². The van der Waals surface area contributed by atoms with E-state index in [9.17, 15) is 19.7 Å². The van der Waals surface area contributed by atoms with Crippen molar-refractivity contribution in [2.24, 2.45) is 5.92 Å². The Hall–Kier alpha value is -3.46. The maximum atomic E-state index is 12.3. The molecule has 0 bridgehead atoms. The van der Waals surface area contributed by atoms with E-state index in [0.717, 1.165) is 0 Å². The largest absolute Gasteiger partial charge is 0.489 e. The van der Waals surface area contributed by atoms with E-state index in [1.807, 2.05) is 0 Å². The van der Waals surface area contributed by atoms with Crippen LogP contribution >= 0.6 is 0 Å². The minimum absolute atomic E-state index is 0.0321. The van der Waals surface area contributed by atoms with Gasteiger partial charge < -0.3 is 9.47 Å². The first-order chi connectivity index (χ1) is 13.4. The summed E-state index contributed by atoms with van der Waals surface area (Å²) in [4.78, 5) is 34.5. The van der Waals surface area contributed by atoms with Crippen LogP contribution in [-0.2, 0) is 26.3 Å². The number of nitro benzene ring substituents is 1. The lowest BCUT2D eigenvalue weighted by Crippen LogP contribution is -2.31. The fraction of sp³-hybridized carbons (Fsp3) is 0.263. The van der Waals surface area contributed by atoms with Crippen LogP contribution in [0.15, 0.2) is 48.5 Å². The Bertz CT molecular complexity index is 930. The summed E-state index contributed by atoms with van der Waals surface area (Å²) >= 11 is 0. The number of ether oxygens (including phenoxy) is 2. The topological polar surface area (TPSA) is 128 Å². The van der Waals surface area contributed by atoms with Gasteiger partial charge in [0.15, 0.2) is 0 Å². The molecule has 2 N–H and O–H groups in total. The van der Waals surface area contributed by atoms with Crippen molar-refractivity contribution >= 4 is 17.6 Å². The quantitative estimate of drug-likeness (QED) is 0.323. The number of rotatable bonds is 7. The van der Waals surface area contributed by atoms with Crippen LogP contribution in [0, 0.1) is 16.0 Å². The summed E-state index contributed by atoms with van der Waals surface area (Å²) in [5.41, 5.74) is 1.52. The highest BCUT2D eigenvalue weighted by atomic mass is 16.6. The molecule has 2 aromatic carbocycles. The van der Waals surface area contributed by atoms with Crippen LogP contribution in [-0.4, -0.2) is 29.1 Å². The third-order valence-corrected chi connectivity index (χ3v) is 4.81. The van der Waals surface area contributed by atoms with Gasteiger partial charge in [0.2, 0.25) is 5.91 Å². The number of benzene rings is 2. The van der Waals surface area contributed by atoms with E-state index < -0.39 is 28.1 Å². The Morgan fingerprint density at radius 2 is 2.04 bits per heavy atom. The molecule has 2 atom stereocenters. The molecule has 2 aromatic rings. The number of nitrogens with one attached hydrogen (secondary N) is 1. The molecule has 9 nitrogen and oxygen atoms in total. The summed E-state index contributed by atoms with van der Waals surface area (Å²) in [6.07, 6.45) is 0.209. The molecule has 0 radical (unpaired) electrons. The number of hydrogen-bond acceptors (Lipinski definition) is 7. The van der Waals surface area contributed by atoms with Gasteiger partial charge in [-0.15, -0.1) is 0 Å². The fourth-order valence-electron chi connectivity index (χ4n) is 3.29. The molecule has 0 unspecified atom stereocenters. The Balaban J connectivity index is 1.80. The third-order valence-electron chi connectivity index (χ3n) is 4.81. The number of hydrogen-bond donors (Lipinski definition) is 2. The molecule has 0 aliphatic heterocycles. The first-order valence-corrected chi connectivity index (χ1v) is 8.41. The highest BCUT2D eigenvalue weighted by molar-refractivity contribution is 5.97. The molecule has 1 amide bonds. The van der Waals surface area contributed by atoms with Gasteiger partial charge in [-0.05, 0) is 29.7 Å². The zero-order chi connectivity index (χ0) is 20.3. The number of nitro groups is 1. The van der Waals surface area contributed by atoms with Gasteiger partial charge in [-0.3, -0.25) is 24.9 Å². The maximum Gasteiger partial charge on any atom is 0.317 e. The van der Waals surface area contributed by atoms with E-state index in [1.165, 1.54) is 19.2 Å². The van der Waals surface area contributed by atoms with Crippen molar-refractivity contribution in [1.29, 1.82) is 0 Å². The lowest BCUT2D eigenvalue weighted by Gasteiger charge is -2.16. The number of hydroxylamine groups is 1. The molecule has 146 valence electrons. The summed E-state index contributed by atoms with van der Waals surface area (Å²) in [6.45, 7) is 0.0942. The summed E-state index contributed by atoms with van der Waals surface area (Å²) < 4.78 is 10.6. The van der Waals surface area contributed by atoms with Crippen LogP contribution in [0.4, 0.5) is 5.69 Å². The molecule has 1 aliphatic carbocycles. The second-order valence-electron chi connectivity index (χ2n) is 6.44. The molecule has 1 fully saturated rings. The lowest BCUT2D eigenvalue weighted by molar-refractivity contribution is -0.384. The number of esters is 1. The predicted octanol–water partition coefficient (Wildman–Crippen LogP) is 2.11. The first-order valence-electron chi connectivity index (χ1n) is 8.41. The second-order valence-corrected chi connectivity index (χ2v) is 6.44. The molecule has 0 spiro atoms. The zero-order valence-corrected chi connectivity index (χ0v) is 15.0. The molecule has 0 aromatic heterocycles. The van der Waals surface area contributed by atoms with Crippen LogP contribution in [0.1, 0.15) is 17.5 Å². The average Bonchev–Trinajstić information content (AvgIpc) is 3.48. The standard InChI is InChI=1S/C19H18N2O7/c1-27-18(23)19(10-16(19)17(22)20-24)13-5-3-7-15(9-13)28-11-12-4-2-6-14(8-12)21(25)26/h2-9,16,24H,10-11H2,1H3,(H,20,22)/t16-,19-/m1/s1. The molecular weight excluding hydrogens is 368 g/mol.